The lowest BCUT2D eigenvalue weighted by atomic mass is 9.66. The first-order chi connectivity index (χ1) is 9.80. The molecule has 0 amide bonds. The minimum absolute atomic E-state index is 0.271. The standard InChI is InChI=1S/C15H19F3N2O/c1-13(4-6-14(7-5-13)9-19-10-14)21-12-3-2-11(8-20-12)15(16,17)18/h2-3,8,19H,4-7,9-10H2,1H3. The highest BCUT2D eigenvalue weighted by Crippen LogP contribution is 2.44. The number of halogens is 3. The van der Waals surface area contributed by atoms with Gasteiger partial charge in [-0.25, -0.2) is 4.98 Å². The Kier molecular flexibility index (Phi) is 3.39. The molecular formula is C15H19F3N2O. The third-order valence-corrected chi connectivity index (χ3v) is 4.78. The van der Waals surface area contributed by atoms with E-state index in [-0.39, 0.29) is 11.5 Å². The number of ether oxygens (including phenoxy) is 1. The zero-order chi connectivity index (χ0) is 15.1. The van der Waals surface area contributed by atoms with Crippen LogP contribution in [0.25, 0.3) is 0 Å². The van der Waals surface area contributed by atoms with Crippen molar-refractivity contribution in [1.29, 1.82) is 0 Å². The fraction of sp³-hybridized carbons (Fsp3) is 0.667. The van der Waals surface area contributed by atoms with Gasteiger partial charge in [-0.15, -0.1) is 0 Å². The highest BCUT2D eigenvalue weighted by atomic mass is 19.4. The minimum atomic E-state index is -4.36. The Labute approximate surface area is 121 Å². The summed E-state index contributed by atoms with van der Waals surface area (Å²) in [4.78, 5) is 3.80. The Hall–Kier alpha value is -1.30. The van der Waals surface area contributed by atoms with E-state index in [1.807, 2.05) is 6.92 Å². The quantitative estimate of drug-likeness (QED) is 0.909. The number of nitrogens with one attached hydrogen (secondary N) is 1. The Morgan fingerprint density at radius 3 is 2.24 bits per heavy atom. The van der Waals surface area contributed by atoms with Gasteiger partial charge in [0.15, 0.2) is 0 Å². The van der Waals surface area contributed by atoms with Gasteiger partial charge in [-0.1, -0.05) is 0 Å². The van der Waals surface area contributed by atoms with Gasteiger partial charge in [-0.3, -0.25) is 0 Å². The van der Waals surface area contributed by atoms with Gasteiger partial charge in [-0.05, 0) is 44.1 Å². The number of hydrogen-bond acceptors (Lipinski definition) is 3. The van der Waals surface area contributed by atoms with E-state index in [9.17, 15) is 13.2 Å². The SMILES string of the molecule is CC1(Oc2ccc(C(F)(F)F)cn2)CCC2(CC1)CNC2. The van der Waals surface area contributed by atoms with E-state index >= 15 is 0 Å². The molecule has 1 aromatic rings. The topological polar surface area (TPSA) is 34.1 Å². The molecule has 2 heterocycles. The van der Waals surface area contributed by atoms with Crippen molar-refractivity contribution in [2.75, 3.05) is 13.1 Å². The fourth-order valence-corrected chi connectivity index (χ4v) is 3.10. The van der Waals surface area contributed by atoms with Crippen LogP contribution in [0.1, 0.15) is 38.2 Å². The second-order valence-electron chi connectivity index (χ2n) is 6.54. The molecular weight excluding hydrogens is 281 g/mol. The fourth-order valence-electron chi connectivity index (χ4n) is 3.10. The van der Waals surface area contributed by atoms with E-state index in [2.05, 4.69) is 10.3 Å². The Balaban J connectivity index is 1.63. The predicted octanol–water partition coefficient (Wildman–Crippen LogP) is 3.40. The highest BCUT2D eigenvalue weighted by molar-refractivity contribution is 5.21. The first kappa shape index (κ1) is 14.6. The summed E-state index contributed by atoms with van der Waals surface area (Å²) >= 11 is 0. The van der Waals surface area contributed by atoms with Crippen LogP contribution in [0.3, 0.4) is 0 Å². The zero-order valence-electron chi connectivity index (χ0n) is 12.0. The van der Waals surface area contributed by atoms with E-state index in [1.165, 1.54) is 6.07 Å². The summed E-state index contributed by atoms with van der Waals surface area (Å²) in [7, 11) is 0. The molecule has 3 rings (SSSR count). The molecule has 0 bridgehead atoms. The molecule has 1 N–H and O–H groups in total. The number of aromatic nitrogens is 1. The molecule has 0 unspecified atom stereocenters. The summed E-state index contributed by atoms with van der Waals surface area (Å²) < 4.78 is 43.4. The van der Waals surface area contributed by atoms with Gasteiger partial charge in [0.25, 0.3) is 0 Å². The van der Waals surface area contributed by atoms with Crippen LogP contribution in [0, 0.1) is 5.41 Å². The first-order valence-corrected chi connectivity index (χ1v) is 7.23. The molecule has 3 nitrogen and oxygen atoms in total. The van der Waals surface area contributed by atoms with E-state index in [1.54, 1.807) is 0 Å². The van der Waals surface area contributed by atoms with Crippen LogP contribution in [0.5, 0.6) is 5.88 Å². The number of pyridine rings is 1. The first-order valence-electron chi connectivity index (χ1n) is 7.23. The second kappa shape index (κ2) is 4.87. The second-order valence-corrected chi connectivity index (χ2v) is 6.54. The minimum Gasteiger partial charge on any atom is -0.471 e. The maximum atomic E-state index is 12.5. The van der Waals surface area contributed by atoms with Gasteiger partial charge >= 0.3 is 6.18 Å². The van der Waals surface area contributed by atoms with Gasteiger partial charge in [0.2, 0.25) is 5.88 Å². The molecule has 1 saturated carbocycles. The Morgan fingerprint density at radius 2 is 1.81 bits per heavy atom. The molecule has 0 radical (unpaired) electrons. The summed E-state index contributed by atoms with van der Waals surface area (Å²) in [5, 5.41) is 3.31. The van der Waals surface area contributed by atoms with Crippen LogP contribution in [-0.4, -0.2) is 23.7 Å². The van der Waals surface area contributed by atoms with Crippen molar-refractivity contribution >= 4 is 0 Å². The van der Waals surface area contributed by atoms with Crippen molar-refractivity contribution in [3.63, 3.8) is 0 Å². The van der Waals surface area contributed by atoms with Crippen molar-refractivity contribution in [3.05, 3.63) is 23.9 Å². The molecule has 1 aromatic heterocycles. The number of nitrogens with zero attached hydrogens (tertiary/aromatic N) is 1. The average molecular weight is 300 g/mol. The lowest BCUT2D eigenvalue weighted by molar-refractivity contribution is -0.137. The van der Waals surface area contributed by atoms with Crippen LogP contribution in [0.4, 0.5) is 13.2 Å². The van der Waals surface area contributed by atoms with Gasteiger partial charge in [0.1, 0.15) is 5.60 Å². The molecule has 1 saturated heterocycles. The zero-order valence-corrected chi connectivity index (χ0v) is 12.0. The molecule has 2 fully saturated rings. The summed E-state index contributed by atoms with van der Waals surface area (Å²) in [6.45, 7) is 4.16. The van der Waals surface area contributed by atoms with Crippen LogP contribution in [-0.2, 0) is 6.18 Å². The summed E-state index contributed by atoms with van der Waals surface area (Å²) in [5.41, 5.74) is -0.646. The average Bonchev–Trinajstić information content (AvgIpc) is 2.37. The maximum absolute atomic E-state index is 12.5. The lowest BCUT2D eigenvalue weighted by Crippen LogP contribution is -2.57. The molecule has 1 aliphatic carbocycles. The van der Waals surface area contributed by atoms with Crippen molar-refractivity contribution in [1.82, 2.24) is 10.3 Å². The van der Waals surface area contributed by atoms with E-state index in [0.717, 1.165) is 51.0 Å². The van der Waals surface area contributed by atoms with E-state index in [4.69, 9.17) is 4.74 Å². The molecule has 0 aromatic carbocycles. The third kappa shape index (κ3) is 3.00. The van der Waals surface area contributed by atoms with Gasteiger partial charge in [-0.2, -0.15) is 13.2 Å². The predicted molar refractivity (Wildman–Crippen MR) is 72.0 cm³/mol. The van der Waals surface area contributed by atoms with Gasteiger partial charge in [0, 0.05) is 25.4 Å². The number of alkyl halides is 3. The van der Waals surface area contributed by atoms with Gasteiger partial charge < -0.3 is 10.1 Å². The monoisotopic (exact) mass is 300 g/mol. The van der Waals surface area contributed by atoms with Crippen LogP contribution in [0.15, 0.2) is 18.3 Å². The molecule has 2 aliphatic rings. The third-order valence-electron chi connectivity index (χ3n) is 4.78. The molecule has 21 heavy (non-hydrogen) atoms. The van der Waals surface area contributed by atoms with Crippen LogP contribution < -0.4 is 10.1 Å². The van der Waals surface area contributed by atoms with Crippen molar-refractivity contribution in [2.45, 2.75) is 44.4 Å². The van der Waals surface area contributed by atoms with Crippen LogP contribution >= 0.6 is 0 Å². The summed E-state index contributed by atoms with van der Waals surface area (Å²) in [6, 6.07) is 2.33. The molecule has 6 heteroatoms. The summed E-state index contributed by atoms with van der Waals surface area (Å²) in [6.07, 6.45) is 0.492. The van der Waals surface area contributed by atoms with Crippen LogP contribution in [0.2, 0.25) is 0 Å². The van der Waals surface area contributed by atoms with Crippen molar-refractivity contribution in [2.24, 2.45) is 5.41 Å². The highest BCUT2D eigenvalue weighted by Gasteiger charge is 2.45. The molecule has 116 valence electrons. The summed E-state index contributed by atoms with van der Waals surface area (Å²) in [5.74, 6) is 0.271. The lowest BCUT2D eigenvalue weighted by Gasteiger charge is -2.50. The van der Waals surface area contributed by atoms with Gasteiger partial charge in [0.05, 0.1) is 5.56 Å². The number of hydrogen-bond donors (Lipinski definition) is 1. The molecule has 1 spiro atoms. The smallest absolute Gasteiger partial charge is 0.417 e. The normalized spacial score (nSPS) is 23.6. The van der Waals surface area contributed by atoms with Crippen molar-refractivity contribution in [3.8, 4) is 5.88 Å². The van der Waals surface area contributed by atoms with E-state index < -0.39 is 11.7 Å². The largest absolute Gasteiger partial charge is 0.471 e. The van der Waals surface area contributed by atoms with E-state index in [0.29, 0.717) is 5.41 Å². The number of rotatable bonds is 2. The van der Waals surface area contributed by atoms with Crippen molar-refractivity contribution < 1.29 is 17.9 Å². The molecule has 1 aliphatic heterocycles. The maximum Gasteiger partial charge on any atom is 0.417 e. The molecule has 0 atom stereocenters. The Bertz CT molecular complexity index is 499. The Morgan fingerprint density at radius 1 is 1.14 bits per heavy atom.